The van der Waals surface area contributed by atoms with Gasteiger partial charge in [0.25, 0.3) is 0 Å². The summed E-state index contributed by atoms with van der Waals surface area (Å²) < 4.78 is 216. The van der Waals surface area contributed by atoms with E-state index in [4.69, 9.17) is 0 Å². The van der Waals surface area contributed by atoms with Crippen LogP contribution < -0.4 is 0 Å². The van der Waals surface area contributed by atoms with Crippen molar-refractivity contribution >= 4 is 0 Å². The molecule has 0 heterocycles. The number of rotatable bonds is 12. The van der Waals surface area contributed by atoms with Crippen molar-refractivity contribution in [2.45, 2.75) is 86.9 Å². The topological polar surface area (TPSA) is 0 Å². The second-order valence-electron chi connectivity index (χ2n) is 6.73. The van der Waals surface area contributed by atoms with Crippen LogP contribution in [-0.2, 0) is 0 Å². The van der Waals surface area contributed by atoms with Gasteiger partial charge in [-0.3, -0.25) is 0 Å². The summed E-state index contributed by atoms with van der Waals surface area (Å²) >= 11 is 0. The van der Waals surface area contributed by atoms with Gasteiger partial charge in [0.05, 0.1) is 0 Å². The van der Waals surface area contributed by atoms with Crippen LogP contribution in [0.1, 0.15) is 39.5 Å². The van der Waals surface area contributed by atoms with Gasteiger partial charge in [0, 0.05) is 12.8 Å². The quantitative estimate of drug-likeness (QED) is 0.183. The predicted octanol–water partition coefficient (Wildman–Crippen LogP) is 8.23. The van der Waals surface area contributed by atoms with Crippen molar-refractivity contribution in [1.82, 2.24) is 0 Å². The van der Waals surface area contributed by atoms with Crippen molar-refractivity contribution in [3.63, 3.8) is 0 Å². The van der Waals surface area contributed by atoms with Crippen LogP contribution in [-0.4, -0.2) is 47.4 Å². The molecule has 0 fully saturated rings. The summed E-state index contributed by atoms with van der Waals surface area (Å²) in [4.78, 5) is 0. The van der Waals surface area contributed by atoms with E-state index in [1.54, 1.807) is 0 Å². The van der Waals surface area contributed by atoms with Crippen LogP contribution in [0.2, 0.25) is 0 Å². The van der Waals surface area contributed by atoms with Crippen molar-refractivity contribution in [3.8, 4) is 0 Å². The molecule has 0 aliphatic rings. The zero-order chi connectivity index (χ0) is 26.2. The second kappa shape index (κ2) is 8.76. The van der Waals surface area contributed by atoms with Gasteiger partial charge in [0.15, 0.2) is 0 Å². The number of alkyl halides is 16. The van der Waals surface area contributed by atoms with Gasteiger partial charge in [-0.05, 0) is 13.3 Å². The first-order valence-corrected chi connectivity index (χ1v) is 8.51. The van der Waals surface area contributed by atoms with Crippen LogP contribution in [0.25, 0.3) is 0 Å². The van der Waals surface area contributed by atoms with E-state index in [1.165, 1.54) is 0 Å². The molecule has 192 valence electrons. The van der Waals surface area contributed by atoms with E-state index in [0.29, 0.717) is 6.08 Å². The Bertz CT molecular complexity index is 661. The normalized spacial score (nSPS) is 16.2. The van der Waals surface area contributed by atoms with E-state index >= 15 is 0 Å². The Morgan fingerprint density at radius 3 is 1.12 bits per heavy atom. The van der Waals surface area contributed by atoms with Gasteiger partial charge < -0.3 is 0 Å². The van der Waals surface area contributed by atoms with Crippen LogP contribution in [0.4, 0.5) is 70.2 Å². The highest BCUT2D eigenvalue weighted by atomic mass is 19.4. The minimum Gasteiger partial charge on any atom is -0.200 e. The summed E-state index contributed by atoms with van der Waals surface area (Å²) in [6.07, 6.45) is -5.74. The zero-order valence-electron chi connectivity index (χ0n) is 16.0. The highest BCUT2D eigenvalue weighted by Crippen LogP contribution is 2.64. The first-order valence-electron chi connectivity index (χ1n) is 8.51. The molecule has 0 aliphatic carbocycles. The summed E-state index contributed by atoms with van der Waals surface area (Å²) in [5.41, 5.74) is 0. The van der Waals surface area contributed by atoms with E-state index in [-0.39, 0.29) is 6.08 Å². The van der Waals surface area contributed by atoms with E-state index in [0.717, 1.165) is 13.8 Å². The van der Waals surface area contributed by atoms with Gasteiger partial charge in [-0.2, -0.15) is 70.2 Å². The average molecular weight is 512 g/mol. The molecule has 0 saturated heterocycles. The summed E-state index contributed by atoms with van der Waals surface area (Å²) in [7, 11) is 0. The van der Waals surface area contributed by atoms with Gasteiger partial charge in [0.1, 0.15) is 0 Å². The molecular formula is C16H16F16. The van der Waals surface area contributed by atoms with Crippen molar-refractivity contribution < 1.29 is 70.2 Å². The molecule has 0 amide bonds. The molecular weight excluding hydrogens is 496 g/mol. The van der Waals surface area contributed by atoms with Gasteiger partial charge >= 0.3 is 47.4 Å². The van der Waals surface area contributed by atoms with Crippen molar-refractivity contribution in [3.05, 3.63) is 12.2 Å². The Labute approximate surface area is 170 Å². The summed E-state index contributed by atoms with van der Waals surface area (Å²) in [6, 6.07) is 0. The standard InChI is InChI=1S/C16H16F16/c1-3-5-7-9(17,18)11(21,22)13(25,26)15(29,30)16(31,32)14(27,28)12(23,24)10(19,20)8-6-4-2/h3,5H,4,6-8H2,1-2H3. The Balaban J connectivity index is 6.64. The van der Waals surface area contributed by atoms with Crippen LogP contribution in [0.3, 0.4) is 0 Å². The molecule has 32 heavy (non-hydrogen) atoms. The minimum atomic E-state index is -8.35. The van der Waals surface area contributed by atoms with Gasteiger partial charge in [0.2, 0.25) is 0 Å². The van der Waals surface area contributed by atoms with Crippen LogP contribution in [0.5, 0.6) is 0 Å². The number of hydrogen-bond donors (Lipinski definition) is 0. The van der Waals surface area contributed by atoms with Crippen molar-refractivity contribution in [2.75, 3.05) is 0 Å². The first kappa shape index (κ1) is 30.6. The van der Waals surface area contributed by atoms with Gasteiger partial charge in [-0.15, -0.1) is 0 Å². The SMILES string of the molecule is CC=CCC(F)(F)C(F)(F)C(F)(F)C(F)(F)C(F)(F)C(F)(F)C(F)(F)C(F)(F)CCCC. The maximum absolute atomic E-state index is 13.6. The fourth-order valence-electron chi connectivity index (χ4n) is 2.20. The third-order valence-corrected chi connectivity index (χ3v) is 4.34. The molecule has 0 aromatic carbocycles. The third-order valence-electron chi connectivity index (χ3n) is 4.34. The largest absolute Gasteiger partial charge is 0.384 e. The minimum absolute atomic E-state index is 0.00266. The number of hydrogen-bond acceptors (Lipinski definition) is 0. The zero-order valence-corrected chi connectivity index (χ0v) is 16.0. The Hall–Kier alpha value is -1.38. The predicted molar refractivity (Wildman–Crippen MR) is 78.5 cm³/mol. The lowest BCUT2D eigenvalue weighted by Gasteiger charge is -2.43. The Morgan fingerprint density at radius 2 is 0.812 bits per heavy atom. The molecule has 0 aromatic rings. The fourth-order valence-corrected chi connectivity index (χ4v) is 2.20. The van der Waals surface area contributed by atoms with E-state index in [9.17, 15) is 70.2 Å². The van der Waals surface area contributed by atoms with Gasteiger partial charge in [-0.1, -0.05) is 25.5 Å². The third kappa shape index (κ3) is 4.26. The lowest BCUT2D eigenvalue weighted by atomic mass is 9.86. The average Bonchev–Trinajstić information content (AvgIpc) is 2.63. The number of allylic oxidation sites excluding steroid dienone is 2. The van der Waals surface area contributed by atoms with E-state index < -0.39 is 73.1 Å². The highest BCUT2D eigenvalue weighted by molar-refractivity contribution is 5.16. The molecule has 0 rings (SSSR count). The lowest BCUT2D eigenvalue weighted by Crippen LogP contribution is -2.74. The molecule has 0 atom stereocenters. The number of halogens is 16. The van der Waals surface area contributed by atoms with Crippen LogP contribution in [0, 0.1) is 0 Å². The smallest absolute Gasteiger partial charge is 0.200 e. The molecule has 0 aromatic heterocycles. The fraction of sp³-hybridized carbons (Fsp3) is 0.875. The lowest BCUT2D eigenvalue weighted by molar-refractivity contribution is -0.453. The van der Waals surface area contributed by atoms with Crippen LogP contribution >= 0.6 is 0 Å². The van der Waals surface area contributed by atoms with E-state index in [2.05, 4.69) is 0 Å². The molecule has 0 N–H and O–H groups in total. The molecule has 0 aliphatic heterocycles. The summed E-state index contributed by atoms with van der Waals surface area (Å²) in [5, 5.41) is 0. The van der Waals surface area contributed by atoms with Crippen LogP contribution in [0.15, 0.2) is 12.2 Å². The van der Waals surface area contributed by atoms with Crippen molar-refractivity contribution in [2.24, 2.45) is 0 Å². The monoisotopic (exact) mass is 512 g/mol. The molecule has 16 heteroatoms. The molecule has 0 saturated carbocycles. The molecule has 0 unspecified atom stereocenters. The molecule has 0 bridgehead atoms. The first-order chi connectivity index (χ1) is 13.9. The Morgan fingerprint density at radius 1 is 0.500 bits per heavy atom. The molecule has 0 radical (unpaired) electrons. The highest BCUT2D eigenvalue weighted by Gasteiger charge is 2.94. The van der Waals surface area contributed by atoms with Gasteiger partial charge in [-0.25, -0.2) is 0 Å². The Kier molecular flexibility index (Phi) is 8.38. The molecule has 0 nitrogen and oxygen atoms in total. The summed E-state index contributed by atoms with van der Waals surface area (Å²) in [5.74, 6) is -60.3. The maximum atomic E-state index is 13.6. The molecule has 0 spiro atoms. The van der Waals surface area contributed by atoms with E-state index in [1.807, 2.05) is 0 Å². The van der Waals surface area contributed by atoms with Crippen molar-refractivity contribution in [1.29, 1.82) is 0 Å². The number of unbranched alkanes of at least 4 members (excludes halogenated alkanes) is 1. The summed E-state index contributed by atoms with van der Waals surface area (Å²) in [6.45, 7) is 1.89. The maximum Gasteiger partial charge on any atom is 0.384 e. The second-order valence-corrected chi connectivity index (χ2v) is 6.73.